The Morgan fingerprint density at radius 3 is 2.59 bits per heavy atom. The fourth-order valence-corrected chi connectivity index (χ4v) is 3.03. The molecule has 0 fully saturated rings. The van der Waals surface area contributed by atoms with Gasteiger partial charge in [-0.05, 0) is 37.2 Å². The van der Waals surface area contributed by atoms with E-state index in [0.717, 1.165) is 29.8 Å². The number of para-hydroxylation sites is 1. The molecule has 1 N–H and O–H groups in total. The number of rotatable bonds is 5. The SMILES string of the molecule is CN(CC(=O)Nc1ccc(F)c(F)c1F)CC(=O)N1CCc2ccccc21. The molecular formula is C19H18F3N3O2. The normalized spacial score (nSPS) is 13.0. The molecule has 1 heterocycles. The van der Waals surface area contributed by atoms with E-state index in [1.165, 1.54) is 4.90 Å². The predicted molar refractivity (Wildman–Crippen MR) is 94.9 cm³/mol. The summed E-state index contributed by atoms with van der Waals surface area (Å²) in [4.78, 5) is 27.6. The van der Waals surface area contributed by atoms with Crippen molar-refractivity contribution in [1.29, 1.82) is 0 Å². The summed E-state index contributed by atoms with van der Waals surface area (Å²) in [6.07, 6.45) is 0.779. The highest BCUT2D eigenvalue weighted by molar-refractivity contribution is 5.97. The first-order valence-corrected chi connectivity index (χ1v) is 8.37. The average Bonchev–Trinajstić information content (AvgIpc) is 3.06. The number of hydrogen-bond acceptors (Lipinski definition) is 3. The molecule has 8 heteroatoms. The van der Waals surface area contributed by atoms with Crippen molar-refractivity contribution in [2.75, 3.05) is 36.9 Å². The van der Waals surface area contributed by atoms with Gasteiger partial charge in [0.15, 0.2) is 17.5 Å². The molecule has 0 radical (unpaired) electrons. The lowest BCUT2D eigenvalue weighted by Gasteiger charge is -2.22. The fraction of sp³-hybridized carbons (Fsp3) is 0.263. The van der Waals surface area contributed by atoms with Gasteiger partial charge in [0.05, 0.1) is 18.8 Å². The van der Waals surface area contributed by atoms with Gasteiger partial charge in [0.1, 0.15) is 0 Å². The minimum absolute atomic E-state index is 0.0119. The van der Waals surface area contributed by atoms with E-state index >= 15 is 0 Å². The summed E-state index contributed by atoms with van der Waals surface area (Å²) < 4.78 is 39.7. The number of anilines is 2. The highest BCUT2D eigenvalue weighted by atomic mass is 19.2. The molecule has 0 atom stereocenters. The maximum absolute atomic E-state index is 13.6. The highest BCUT2D eigenvalue weighted by Crippen LogP contribution is 2.27. The second kappa shape index (κ2) is 7.79. The van der Waals surface area contributed by atoms with Gasteiger partial charge in [0.2, 0.25) is 11.8 Å². The summed E-state index contributed by atoms with van der Waals surface area (Å²) in [7, 11) is 1.57. The number of fused-ring (bicyclic) bond motifs is 1. The van der Waals surface area contributed by atoms with Crippen LogP contribution in [0.15, 0.2) is 36.4 Å². The largest absolute Gasteiger partial charge is 0.322 e. The number of nitrogens with one attached hydrogen (secondary N) is 1. The van der Waals surface area contributed by atoms with Crippen molar-refractivity contribution in [2.24, 2.45) is 0 Å². The smallest absolute Gasteiger partial charge is 0.241 e. The number of carbonyl (C=O) groups excluding carboxylic acids is 2. The molecule has 2 amide bonds. The molecule has 0 unspecified atom stereocenters. The van der Waals surface area contributed by atoms with Crippen LogP contribution in [0.1, 0.15) is 5.56 Å². The van der Waals surface area contributed by atoms with Gasteiger partial charge in [-0.1, -0.05) is 18.2 Å². The van der Waals surface area contributed by atoms with Crippen molar-refractivity contribution in [3.63, 3.8) is 0 Å². The van der Waals surface area contributed by atoms with Crippen molar-refractivity contribution >= 4 is 23.2 Å². The lowest BCUT2D eigenvalue weighted by Crippen LogP contribution is -2.41. The lowest BCUT2D eigenvalue weighted by molar-refractivity contribution is -0.120. The fourth-order valence-electron chi connectivity index (χ4n) is 3.03. The summed E-state index contributed by atoms with van der Waals surface area (Å²) in [5, 5.41) is 2.18. The van der Waals surface area contributed by atoms with Gasteiger partial charge < -0.3 is 10.2 Å². The van der Waals surface area contributed by atoms with Crippen molar-refractivity contribution in [2.45, 2.75) is 6.42 Å². The molecule has 2 aromatic rings. The van der Waals surface area contributed by atoms with Gasteiger partial charge in [-0.2, -0.15) is 0 Å². The summed E-state index contributed by atoms with van der Waals surface area (Å²) in [5.41, 5.74) is 1.51. The van der Waals surface area contributed by atoms with Crippen LogP contribution in [0.25, 0.3) is 0 Å². The van der Waals surface area contributed by atoms with E-state index in [2.05, 4.69) is 5.32 Å². The first-order chi connectivity index (χ1) is 12.9. The third kappa shape index (κ3) is 4.11. The first-order valence-electron chi connectivity index (χ1n) is 8.37. The van der Waals surface area contributed by atoms with E-state index in [-0.39, 0.29) is 19.0 Å². The minimum atomic E-state index is -1.65. The van der Waals surface area contributed by atoms with E-state index in [1.54, 1.807) is 11.9 Å². The Bertz CT molecular complexity index is 888. The van der Waals surface area contributed by atoms with Gasteiger partial charge in [-0.3, -0.25) is 14.5 Å². The number of hydrogen-bond donors (Lipinski definition) is 1. The maximum Gasteiger partial charge on any atom is 0.241 e. The second-order valence-corrected chi connectivity index (χ2v) is 6.37. The van der Waals surface area contributed by atoms with Crippen LogP contribution in [0, 0.1) is 17.5 Å². The summed E-state index contributed by atoms with van der Waals surface area (Å²) in [6.45, 7) is 0.361. The molecule has 0 spiro atoms. The Morgan fingerprint density at radius 2 is 1.81 bits per heavy atom. The van der Waals surface area contributed by atoms with E-state index in [9.17, 15) is 22.8 Å². The van der Waals surface area contributed by atoms with E-state index in [4.69, 9.17) is 0 Å². The second-order valence-electron chi connectivity index (χ2n) is 6.37. The molecule has 0 saturated heterocycles. The quantitative estimate of drug-likeness (QED) is 0.815. The van der Waals surface area contributed by atoms with Gasteiger partial charge >= 0.3 is 0 Å². The van der Waals surface area contributed by atoms with Crippen LogP contribution in [0.5, 0.6) is 0 Å². The Kier molecular flexibility index (Phi) is 5.46. The zero-order valence-electron chi connectivity index (χ0n) is 14.6. The molecule has 0 aliphatic carbocycles. The van der Waals surface area contributed by atoms with Crippen molar-refractivity contribution < 1.29 is 22.8 Å². The van der Waals surface area contributed by atoms with Crippen molar-refractivity contribution in [1.82, 2.24) is 4.90 Å². The van der Waals surface area contributed by atoms with Gasteiger partial charge in [-0.15, -0.1) is 0 Å². The summed E-state index contributed by atoms with van der Waals surface area (Å²) in [5.74, 6) is -5.25. The molecular weight excluding hydrogens is 359 g/mol. The van der Waals surface area contributed by atoms with Gasteiger partial charge in [-0.25, -0.2) is 13.2 Å². The van der Waals surface area contributed by atoms with Crippen LogP contribution in [-0.2, 0) is 16.0 Å². The predicted octanol–water partition coefficient (Wildman–Crippen LogP) is 2.56. The van der Waals surface area contributed by atoms with E-state index < -0.39 is 29.0 Å². The number of nitrogens with zero attached hydrogens (tertiary/aromatic N) is 2. The topological polar surface area (TPSA) is 52.7 Å². The average molecular weight is 377 g/mol. The standard InChI is InChI=1S/C19H18F3N3O2/c1-24(10-16(26)23-14-7-6-13(20)18(21)19(14)22)11-17(27)25-9-8-12-4-2-3-5-15(12)25/h2-7H,8-11H2,1H3,(H,23,26). The molecule has 0 bridgehead atoms. The third-order valence-electron chi connectivity index (χ3n) is 4.32. The molecule has 1 aliphatic rings. The molecule has 0 aromatic heterocycles. The van der Waals surface area contributed by atoms with Crippen LogP contribution in [-0.4, -0.2) is 43.4 Å². The van der Waals surface area contributed by atoms with E-state index in [0.29, 0.717) is 6.54 Å². The van der Waals surface area contributed by atoms with Crippen molar-refractivity contribution in [3.05, 3.63) is 59.4 Å². The van der Waals surface area contributed by atoms with Gasteiger partial charge in [0, 0.05) is 12.2 Å². The zero-order chi connectivity index (χ0) is 19.6. The zero-order valence-corrected chi connectivity index (χ0v) is 14.6. The van der Waals surface area contributed by atoms with Crippen molar-refractivity contribution in [3.8, 4) is 0 Å². The van der Waals surface area contributed by atoms with Crippen LogP contribution in [0.3, 0.4) is 0 Å². The van der Waals surface area contributed by atoms with Crippen LogP contribution < -0.4 is 10.2 Å². The Hall–Kier alpha value is -2.87. The number of halogens is 3. The maximum atomic E-state index is 13.6. The molecule has 2 aromatic carbocycles. The Balaban J connectivity index is 1.56. The number of carbonyl (C=O) groups is 2. The summed E-state index contributed by atoms with van der Waals surface area (Å²) >= 11 is 0. The number of amides is 2. The Labute approximate surface area is 154 Å². The van der Waals surface area contributed by atoms with Gasteiger partial charge in [0.25, 0.3) is 0 Å². The molecule has 142 valence electrons. The summed E-state index contributed by atoms with van der Waals surface area (Å²) in [6, 6.07) is 9.29. The van der Waals surface area contributed by atoms with E-state index in [1.807, 2.05) is 24.3 Å². The minimum Gasteiger partial charge on any atom is -0.322 e. The molecule has 3 rings (SSSR count). The molecule has 5 nitrogen and oxygen atoms in total. The molecule has 27 heavy (non-hydrogen) atoms. The first kappa shape index (κ1) is 18.9. The third-order valence-corrected chi connectivity index (χ3v) is 4.32. The number of likely N-dealkylation sites (N-methyl/N-ethyl adjacent to an activating group) is 1. The number of benzene rings is 2. The molecule has 0 saturated carbocycles. The van der Waals surface area contributed by atoms with Crippen LogP contribution in [0.2, 0.25) is 0 Å². The van der Waals surface area contributed by atoms with Crippen LogP contribution in [0.4, 0.5) is 24.5 Å². The lowest BCUT2D eigenvalue weighted by atomic mass is 10.2. The van der Waals surface area contributed by atoms with Crippen LogP contribution >= 0.6 is 0 Å². The molecule has 1 aliphatic heterocycles. The monoisotopic (exact) mass is 377 g/mol. The highest BCUT2D eigenvalue weighted by Gasteiger charge is 2.25. The Morgan fingerprint density at radius 1 is 1.07 bits per heavy atom.